The van der Waals surface area contributed by atoms with Crippen LogP contribution >= 0.6 is 0 Å². The lowest BCUT2D eigenvalue weighted by Gasteiger charge is -2.39. The molecule has 3 aromatic rings. The van der Waals surface area contributed by atoms with Crippen molar-refractivity contribution >= 4 is 5.91 Å². The molecule has 1 fully saturated rings. The van der Waals surface area contributed by atoms with Gasteiger partial charge in [-0.3, -0.25) is 9.69 Å². The Balaban J connectivity index is 1.38. The molecule has 0 radical (unpaired) electrons. The van der Waals surface area contributed by atoms with E-state index in [0.717, 1.165) is 48.3 Å². The van der Waals surface area contributed by atoms with E-state index in [1.54, 1.807) is 25.3 Å². The Bertz CT molecular complexity index is 1140. The Morgan fingerprint density at radius 1 is 1.25 bits per heavy atom. The standard InChI is InChI=1S/C23H29N7O2/c1-15(2)30-23(24-14-25-30)19-12-29-7-8-32-20-9-16(5-6-18(20)22(29)26-19)17-10-28(11-17)13-21(31)27(3)4/h5-6,9,12,14-15,17H,7-8,10-11,13H2,1-4H3. The van der Waals surface area contributed by atoms with Gasteiger partial charge in [-0.1, -0.05) is 6.07 Å². The fraction of sp³-hybridized carbons (Fsp3) is 0.478. The molecular weight excluding hydrogens is 406 g/mol. The number of hydrogen-bond acceptors (Lipinski definition) is 6. The van der Waals surface area contributed by atoms with Gasteiger partial charge in [-0.05, 0) is 31.5 Å². The Morgan fingerprint density at radius 2 is 2.06 bits per heavy atom. The monoisotopic (exact) mass is 435 g/mol. The maximum atomic E-state index is 11.9. The van der Waals surface area contributed by atoms with Gasteiger partial charge in [0.05, 0.1) is 18.7 Å². The highest BCUT2D eigenvalue weighted by Gasteiger charge is 2.31. The molecule has 1 amide bonds. The van der Waals surface area contributed by atoms with Gasteiger partial charge < -0.3 is 14.2 Å². The normalized spacial score (nSPS) is 16.2. The smallest absolute Gasteiger partial charge is 0.236 e. The number of likely N-dealkylation sites (tertiary alicyclic amines) is 1. The molecule has 9 heteroatoms. The molecular formula is C23H29N7O2. The molecule has 0 spiro atoms. The number of likely N-dealkylation sites (N-methyl/N-ethyl adjacent to an activating group) is 1. The first-order valence-electron chi connectivity index (χ1n) is 11.1. The van der Waals surface area contributed by atoms with Crippen LogP contribution in [0.2, 0.25) is 0 Å². The van der Waals surface area contributed by atoms with Gasteiger partial charge in [-0.2, -0.15) is 5.10 Å². The third-order valence-electron chi connectivity index (χ3n) is 6.19. The predicted octanol–water partition coefficient (Wildman–Crippen LogP) is 2.27. The maximum absolute atomic E-state index is 11.9. The Hall–Kier alpha value is -3.20. The predicted molar refractivity (Wildman–Crippen MR) is 120 cm³/mol. The molecule has 0 atom stereocenters. The molecule has 2 aliphatic rings. The lowest BCUT2D eigenvalue weighted by atomic mass is 9.90. The van der Waals surface area contributed by atoms with E-state index < -0.39 is 0 Å². The number of hydrogen-bond donors (Lipinski definition) is 0. The molecule has 2 aromatic heterocycles. The minimum atomic E-state index is 0.143. The topological polar surface area (TPSA) is 81.3 Å². The van der Waals surface area contributed by atoms with Crippen molar-refractivity contribution in [2.75, 3.05) is 40.3 Å². The second-order valence-corrected chi connectivity index (χ2v) is 9.05. The highest BCUT2D eigenvalue weighted by atomic mass is 16.5. The fourth-order valence-electron chi connectivity index (χ4n) is 4.31. The first kappa shape index (κ1) is 20.7. The van der Waals surface area contributed by atoms with E-state index >= 15 is 0 Å². The van der Waals surface area contributed by atoms with Crippen molar-refractivity contribution in [2.45, 2.75) is 32.4 Å². The molecule has 168 valence electrons. The third kappa shape index (κ3) is 3.66. The summed E-state index contributed by atoms with van der Waals surface area (Å²) in [6.45, 7) is 7.75. The molecule has 0 aliphatic carbocycles. The van der Waals surface area contributed by atoms with Crippen LogP contribution in [0.3, 0.4) is 0 Å². The second-order valence-electron chi connectivity index (χ2n) is 9.05. The molecule has 1 saturated heterocycles. The number of imidazole rings is 1. The van der Waals surface area contributed by atoms with Gasteiger partial charge in [-0.25, -0.2) is 14.6 Å². The van der Waals surface area contributed by atoms with Crippen molar-refractivity contribution in [3.8, 4) is 28.7 Å². The van der Waals surface area contributed by atoms with Gasteiger partial charge in [0, 0.05) is 45.3 Å². The van der Waals surface area contributed by atoms with Gasteiger partial charge in [0.25, 0.3) is 0 Å². The molecule has 5 rings (SSSR count). The molecule has 32 heavy (non-hydrogen) atoms. The van der Waals surface area contributed by atoms with Crippen LogP contribution in [0.4, 0.5) is 0 Å². The average molecular weight is 436 g/mol. The summed E-state index contributed by atoms with van der Waals surface area (Å²) in [6.07, 6.45) is 3.62. The van der Waals surface area contributed by atoms with Gasteiger partial charge in [0.1, 0.15) is 30.2 Å². The lowest BCUT2D eigenvalue weighted by molar-refractivity contribution is -0.131. The molecule has 1 aromatic carbocycles. The Kier molecular flexibility index (Phi) is 5.21. The van der Waals surface area contributed by atoms with E-state index in [4.69, 9.17) is 9.72 Å². The summed E-state index contributed by atoms with van der Waals surface area (Å²) in [5, 5.41) is 4.35. The second kappa shape index (κ2) is 8.05. The number of aromatic nitrogens is 5. The zero-order valence-corrected chi connectivity index (χ0v) is 19.0. The first-order chi connectivity index (χ1) is 15.4. The number of ether oxygens (including phenoxy) is 1. The van der Waals surface area contributed by atoms with Crippen LogP contribution in [0.1, 0.15) is 31.4 Å². The summed E-state index contributed by atoms with van der Waals surface area (Å²) in [5.74, 6) is 3.10. The quantitative estimate of drug-likeness (QED) is 0.612. The van der Waals surface area contributed by atoms with Crippen molar-refractivity contribution in [3.63, 3.8) is 0 Å². The van der Waals surface area contributed by atoms with Crippen LogP contribution in [0.15, 0.2) is 30.7 Å². The largest absolute Gasteiger partial charge is 0.491 e. The molecule has 0 saturated carbocycles. The molecule has 0 N–H and O–H groups in total. The van der Waals surface area contributed by atoms with Crippen molar-refractivity contribution in [1.82, 2.24) is 34.1 Å². The van der Waals surface area contributed by atoms with Crippen LogP contribution in [0.25, 0.3) is 22.9 Å². The van der Waals surface area contributed by atoms with Gasteiger partial charge in [0.15, 0.2) is 5.82 Å². The van der Waals surface area contributed by atoms with E-state index in [1.165, 1.54) is 5.56 Å². The Labute approximate surface area is 187 Å². The summed E-state index contributed by atoms with van der Waals surface area (Å²) in [7, 11) is 3.59. The SMILES string of the molecule is CC(C)n1ncnc1-c1cn2c(n1)-c1ccc(C3CN(CC(=O)N(C)C)C3)cc1OCC2. The number of carbonyl (C=O) groups excluding carboxylic acids is 1. The molecule has 9 nitrogen and oxygen atoms in total. The number of benzene rings is 1. The van der Waals surface area contributed by atoms with E-state index in [0.29, 0.717) is 19.1 Å². The summed E-state index contributed by atoms with van der Waals surface area (Å²) in [6, 6.07) is 6.63. The number of amides is 1. The summed E-state index contributed by atoms with van der Waals surface area (Å²) in [5.41, 5.74) is 3.06. The third-order valence-corrected chi connectivity index (χ3v) is 6.19. The minimum absolute atomic E-state index is 0.143. The average Bonchev–Trinajstić information content (AvgIpc) is 3.34. The van der Waals surface area contributed by atoms with E-state index in [1.807, 2.05) is 10.9 Å². The zero-order valence-electron chi connectivity index (χ0n) is 19.0. The molecule has 4 heterocycles. The van der Waals surface area contributed by atoms with Crippen molar-refractivity contribution < 1.29 is 9.53 Å². The van der Waals surface area contributed by atoms with Crippen LogP contribution in [-0.2, 0) is 11.3 Å². The minimum Gasteiger partial charge on any atom is -0.491 e. The lowest BCUT2D eigenvalue weighted by Crippen LogP contribution is -2.49. The van der Waals surface area contributed by atoms with Crippen LogP contribution in [0, 0.1) is 0 Å². The number of rotatable bonds is 5. The highest BCUT2D eigenvalue weighted by molar-refractivity contribution is 5.77. The molecule has 0 bridgehead atoms. The van der Waals surface area contributed by atoms with Crippen molar-refractivity contribution in [3.05, 3.63) is 36.3 Å². The highest BCUT2D eigenvalue weighted by Crippen LogP contribution is 2.37. The summed E-state index contributed by atoms with van der Waals surface area (Å²) >= 11 is 0. The van der Waals surface area contributed by atoms with Gasteiger partial charge in [-0.15, -0.1) is 0 Å². The number of fused-ring (bicyclic) bond motifs is 3. The summed E-state index contributed by atoms with van der Waals surface area (Å²) < 4.78 is 10.1. The first-order valence-corrected chi connectivity index (χ1v) is 11.1. The van der Waals surface area contributed by atoms with Gasteiger partial charge >= 0.3 is 0 Å². The van der Waals surface area contributed by atoms with E-state index in [2.05, 4.69) is 51.6 Å². The zero-order chi connectivity index (χ0) is 22.4. The number of carbonyl (C=O) groups is 1. The van der Waals surface area contributed by atoms with Crippen molar-refractivity contribution in [2.24, 2.45) is 0 Å². The fourth-order valence-corrected chi connectivity index (χ4v) is 4.31. The van der Waals surface area contributed by atoms with E-state index in [9.17, 15) is 4.79 Å². The van der Waals surface area contributed by atoms with Crippen LogP contribution in [-0.4, -0.2) is 80.4 Å². The maximum Gasteiger partial charge on any atom is 0.236 e. The van der Waals surface area contributed by atoms with Crippen molar-refractivity contribution in [1.29, 1.82) is 0 Å². The summed E-state index contributed by atoms with van der Waals surface area (Å²) in [4.78, 5) is 25.1. The van der Waals surface area contributed by atoms with Crippen LogP contribution in [0.5, 0.6) is 5.75 Å². The van der Waals surface area contributed by atoms with Gasteiger partial charge in [0.2, 0.25) is 5.91 Å². The van der Waals surface area contributed by atoms with E-state index in [-0.39, 0.29) is 11.9 Å². The van der Waals surface area contributed by atoms with Crippen LogP contribution < -0.4 is 4.74 Å². The number of nitrogens with zero attached hydrogens (tertiary/aromatic N) is 7. The molecule has 0 unspecified atom stereocenters. The Morgan fingerprint density at radius 3 is 2.81 bits per heavy atom. The molecule has 2 aliphatic heterocycles.